The highest BCUT2D eigenvalue weighted by Gasteiger charge is 2.32. The van der Waals surface area contributed by atoms with E-state index in [1.165, 1.54) is 4.31 Å². The van der Waals surface area contributed by atoms with E-state index in [-0.39, 0.29) is 43.8 Å². The number of hydrogen-bond donors (Lipinski definition) is 1. The number of nitrogens with one attached hydrogen (secondary N) is 1. The highest BCUT2D eigenvalue weighted by molar-refractivity contribution is 7.92. The second-order valence-corrected chi connectivity index (χ2v) is 13.9. The number of hydrogen-bond acceptors (Lipinski definition) is 4. The van der Waals surface area contributed by atoms with Crippen molar-refractivity contribution in [1.82, 2.24) is 10.2 Å². The first-order chi connectivity index (χ1) is 20.5. The zero-order valence-electron chi connectivity index (χ0n) is 25.3. The molecule has 1 aliphatic rings. The summed E-state index contributed by atoms with van der Waals surface area (Å²) in [5.41, 5.74) is 4.24. The average molecular weight is 624 g/mol. The summed E-state index contributed by atoms with van der Waals surface area (Å²) < 4.78 is 26.9. The summed E-state index contributed by atoms with van der Waals surface area (Å²) in [5, 5.41) is 3.67. The summed E-state index contributed by atoms with van der Waals surface area (Å²) in [6, 6.07) is 22.2. The zero-order valence-corrected chi connectivity index (χ0v) is 26.8. The Balaban J connectivity index is 1.61. The lowest BCUT2D eigenvalue weighted by molar-refractivity contribution is -0.141. The fraction of sp³-hybridized carbons (Fsp3) is 0.412. The molecule has 0 aliphatic heterocycles. The predicted molar refractivity (Wildman–Crippen MR) is 174 cm³/mol. The summed E-state index contributed by atoms with van der Waals surface area (Å²) in [6.07, 6.45) is 5.97. The minimum absolute atomic E-state index is 0.0828. The van der Waals surface area contributed by atoms with Crippen molar-refractivity contribution >= 4 is 39.1 Å². The van der Waals surface area contributed by atoms with E-state index in [9.17, 15) is 18.0 Å². The van der Waals surface area contributed by atoms with Gasteiger partial charge in [0.1, 0.15) is 6.04 Å². The van der Waals surface area contributed by atoms with E-state index in [1.54, 1.807) is 23.1 Å². The van der Waals surface area contributed by atoms with Gasteiger partial charge in [-0.1, -0.05) is 85.1 Å². The van der Waals surface area contributed by atoms with Crippen LogP contribution in [0.4, 0.5) is 5.69 Å². The van der Waals surface area contributed by atoms with E-state index in [1.807, 2.05) is 68.4 Å². The van der Waals surface area contributed by atoms with Crippen molar-refractivity contribution in [2.45, 2.75) is 77.4 Å². The van der Waals surface area contributed by atoms with Gasteiger partial charge in [-0.05, 0) is 67.5 Å². The van der Waals surface area contributed by atoms with Crippen molar-refractivity contribution in [3.8, 4) is 0 Å². The number of nitrogens with zero attached hydrogens (tertiary/aromatic N) is 2. The molecule has 1 atom stereocenters. The first-order valence-electron chi connectivity index (χ1n) is 14.9. The molecule has 2 amide bonds. The third kappa shape index (κ3) is 9.07. The summed E-state index contributed by atoms with van der Waals surface area (Å²) >= 11 is 6.20. The minimum atomic E-state index is -3.63. The van der Waals surface area contributed by atoms with E-state index in [0.717, 1.165) is 54.2 Å². The molecule has 0 radical (unpaired) electrons. The van der Waals surface area contributed by atoms with Gasteiger partial charge in [-0.25, -0.2) is 8.42 Å². The Morgan fingerprint density at radius 3 is 2.30 bits per heavy atom. The van der Waals surface area contributed by atoms with E-state index in [2.05, 4.69) is 5.32 Å². The van der Waals surface area contributed by atoms with Gasteiger partial charge in [-0.15, -0.1) is 0 Å². The first-order valence-corrected chi connectivity index (χ1v) is 17.2. The van der Waals surface area contributed by atoms with Gasteiger partial charge >= 0.3 is 0 Å². The Kier molecular flexibility index (Phi) is 11.3. The van der Waals surface area contributed by atoms with Crippen molar-refractivity contribution in [2.75, 3.05) is 17.1 Å². The van der Waals surface area contributed by atoms with Crippen LogP contribution in [0.25, 0.3) is 0 Å². The molecule has 0 saturated heterocycles. The Bertz CT molecular complexity index is 1510. The van der Waals surface area contributed by atoms with Crippen molar-refractivity contribution in [2.24, 2.45) is 0 Å². The topological polar surface area (TPSA) is 86.8 Å². The number of rotatable bonds is 13. The second-order valence-electron chi connectivity index (χ2n) is 11.5. The molecule has 0 aromatic heterocycles. The van der Waals surface area contributed by atoms with Crippen LogP contribution < -0.4 is 9.62 Å². The summed E-state index contributed by atoms with van der Waals surface area (Å²) in [7, 11) is -3.63. The molecule has 1 saturated carbocycles. The Hall–Kier alpha value is -3.36. The lowest BCUT2D eigenvalue weighted by Crippen LogP contribution is -2.52. The predicted octanol–water partition coefficient (Wildman–Crippen LogP) is 6.20. The molecule has 7 nitrogen and oxygen atoms in total. The number of halogens is 1. The molecule has 0 heterocycles. The Labute approximate surface area is 261 Å². The fourth-order valence-corrected chi connectivity index (χ4v) is 6.91. The highest BCUT2D eigenvalue weighted by Crippen LogP contribution is 2.27. The van der Waals surface area contributed by atoms with Crippen molar-refractivity contribution in [1.29, 1.82) is 0 Å². The van der Waals surface area contributed by atoms with Gasteiger partial charge in [-0.2, -0.15) is 0 Å². The zero-order chi connectivity index (χ0) is 31.0. The van der Waals surface area contributed by atoms with Crippen molar-refractivity contribution in [3.63, 3.8) is 0 Å². The van der Waals surface area contributed by atoms with Gasteiger partial charge in [-0.3, -0.25) is 13.9 Å². The summed E-state index contributed by atoms with van der Waals surface area (Å²) in [4.78, 5) is 29.7. The molecule has 1 N–H and O–H groups in total. The molecular weight excluding hydrogens is 582 g/mol. The van der Waals surface area contributed by atoms with Gasteiger partial charge in [0.25, 0.3) is 0 Å². The van der Waals surface area contributed by atoms with Gasteiger partial charge in [0, 0.05) is 37.0 Å². The molecule has 0 unspecified atom stereocenters. The fourth-order valence-electron chi connectivity index (χ4n) is 5.73. The van der Waals surface area contributed by atoms with Gasteiger partial charge < -0.3 is 10.2 Å². The molecular formula is C34H42ClN3O4S. The van der Waals surface area contributed by atoms with Crippen LogP contribution in [0, 0.1) is 13.8 Å². The first kappa shape index (κ1) is 32.6. The van der Waals surface area contributed by atoms with Crippen LogP contribution in [0.5, 0.6) is 0 Å². The number of benzene rings is 3. The number of sulfonamides is 1. The van der Waals surface area contributed by atoms with E-state index < -0.39 is 16.1 Å². The van der Waals surface area contributed by atoms with Crippen LogP contribution in [0.2, 0.25) is 5.02 Å². The molecule has 0 bridgehead atoms. The molecule has 9 heteroatoms. The van der Waals surface area contributed by atoms with Crippen LogP contribution in [0.3, 0.4) is 0 Å². The maximum Gasteiger partial charge on any atom is 0.243 e. The molecule has 43 heavy (non-hydrogen) atoms. The number of carbonyl (C=O) groups is 2. The van der Waals surface area contributed by atoms with Crippen molar-refractivity contribution in [3.05, 3.63) is 100 Å². The van der Waals surface area contributed by atoms with Gasteiger partial charge in [0.05, 0.1) is 11.9 Å². The van der Waals surface area contributed by atoms with Crippen LogP contribution in [-0.4, -0.2) is 50.0 Å². The van der Waals surface area contributed by atoms with E-state index in [0.29, 0.717) is 17.1 Å². The monoisotopic (exact) mass is 623 g/mol. The van der Waals surface area contributed by atoms with Gasteiger partial charge in [0.2, 0.25) is 21.8 Å². The van der Waals surface area contributed by atoms with E-state index >= 15 is 0 Å². The lowest BCUT2D eigenvalue weighted by Gasteiger charge is -2.33. The number of aryl methyl sites for hydroxylation is 2. The summed E-state index contributed by atoms with van der Waals surface area (Å²) in [5.74, 6) is -0.341. The number of amides is 2. The average Bonchev–Trinajstić information content (AvgIpc) is 3.48. The lowest BCUT2D eigenvalue weighted by atomic mass is 10.0. The highest BCUT2D eigenvalue weighted by atomic mass is 35.5. The van der Waals surface area contributed by atoms with Crippen LogP contribution in [-0.2, 0) is 32.6 Å². The van der Waals surface area contributed by atoms with Crippen LogP contribution in [0.15, 0.2) is 72.8 Å². The van der Waals surface area contributed by atoms with Gasteiger partial charge in [0.15, 0.2) is 0 Å². The molecule has 1 aliphatic carbocycles. The molecule has 3 aromatic rings. The second kappa shape index (κ2) is 14.9. The third-order valence-corrected chi connectivity index (χ3v) is 9.58. The maximum absolute atomic E-state index is 14.1. The van der Waals surface area contributed by atoms with E-state index in [4.69, 9.17) is 11.6 Å². The molecule has 3 aromatic carbocycles. The SMILES string of the molecule is Cc1ccccc1CN(C(=O)CCCN(c1cc(Cl)ccc1C)S(C)(=O)=O)[C@H](Cc1ccccc1)C(=O)NC1CCCC1. The molecule has 1 fully saturated rings. The standard InChI is InChI=1S/C34H42ClN3O4S/c1-25-12-7-8-15-28(25)24-37(32(22-27-13-5-4-6-14-27)34(40)36-30-16-9-10-17-30)33(39)18-11-21-38(43(3,41)42)31-23-29(35)20-19-26(31)2/h4-8,12-15,19-20,23,30,32H,9-11,16-18,21-22,24H2,1-3H3,(H,36,40)/t32-/m1/s1. The molecule has 0 spiro atoms. The Morgan fingerprint density at radius 2 is 1.63 bits per heavy atom. The summed E-state index contributed by atoms with van der Waals surface area (Å²) in [6.45, 7) is 4.22. The largest absolute Gasteiger partial charge is 0.352 e. The van der Waals surface area contributed by atoms with Crippen LogP contribution in [0.1, 0.15) is 60.8 Å². The maximum atomic E-state index is 14.1. The quantitative estimate of drug-likeness (QED) is 0.246. The number of anilines is 1. The smallest absolute Gasteiger partial charge is 0.243 e. The number of carbonyl (C=O) groups excluding carboxylic acids is 2. The third-order valence-electron chi connectivity index (χ3n) is 8.17. The molecule has 230 valence electrons. The molecule has 4 rings (SSSR count). The van der Waals surface area contributed by atoms with Crippen LogP contribution >= 0.6 is 11.6 Å². The van der Waals surface area contributed by atoms with Crippen molar-refractivity contribution < 1.29 is 18.0 Å². The normalized spacial score (nSPS) is 14.3. The Morgan fingerprint density at radius 1 is 0.953 bits per heavy atom. The minimum Gasteiger partial charge on any atom is -0.352 e.